The maximum absolute atomic E-state index is 10.9. The monoisotopic (exact) mass is 262 g/mol. The van der Waals surface area contributed by atoms with Crippen LogP contribution in [-0.2, 0) is 10.3 Å². The number of rotatable bonds is 3. The lowest BCUT2D eigenvalue weighted by Gasteiger charge is -2.39. The summed E-state index contributed by atoms with van der Waals surface area (Å²) in [7, 11) is 0. The summed E-state index contributed by atoms with van der Waals surface area (Å²) in [5.41, 5.74) is 1.63. The van der Waals surface area contributed by atoms with Gasteiger partial charge >= 0.3 is 0 Å². The SMILES string of the molecule is CC(C)c1ccc(C2(O)CCOC(C(C)C)C2)cc1. The lowest BCUT2D eigenvalue weighted by Crippen LogP contribution is -2.40. The molecule has 106 valence electrons. The Bertz CT molecular complexity index is 408. The van der Waals surface area contributed by atoms with Gasteiger partial charge in [0.1, 0.15) is 0 Å². The second-order valence-corrected chi connectivity index (χ2v) is 6.42. The van der Waals surface area contributed by atoms with E-state index in [1.165, 1.54) is 5.56 Å². The van der Waals surface area contributed by atoms with Gasteiger partial charge in [-0.2, -0.15) is 0 Å². The van der Waals surface area contributed by atoms with E-state index in [0.717, 1.165) is 5.56 Å². The Morgan fingerprint density at radius 3 is 2.32 bits per heavy atom. The molecule has 19 heavy (non-hydrogen) atoms. The molecule has 1 aromatic rings. The molecule has 2 nitrogen and oxygen atoms in total. The van der Waals surface area contributed by atoms with Gasteiger partial charge in [-0.05, 0) is 23.0 Å². The van der Waals surface area contributed by atoms with Crippen molar-refractivity contribution in [3.8, 4) is 0 Å². The molecule has 1 fully saturated rings. The quantitative estimate of drug-likeness (QED) is 0.897. The first kappa shape index (κ1) is 14.5. The van der Waals surface area contributed by atoms with Gasteiger partial charge in [0.15, 0.2) is 0 Å². The number of ether oxygens (including phenoxy) is 1. The van der Waals surface area contributed by atoms with Crippen LogP contribution in [0.1, 0.15) is 57.6 Å². The third-order valence-corrected chi connectivity index (χ3v) is 4.24. The number of hydrogen-bond acceptors (Lipinski definition) is 2. The van der Waals surface area contributed by atoms with E-state index >= 15 is 0 Å². The molecule has 0 aliphatic carbocycles. The minimum atomic E-state index is -0.720. The lowest BCUT2D eigenvalue weighted by atomic mass is 9.80. The van der Waals surface area contributed by atoms with Crippen molar-refractivity contribution < 1.29 is 9.84 Å². The lowest BCUT2D eigenvalue weighted by molar-refractivity contribution is -0.121. The third kappa shape index (κ3) is 3.18. The fourth-order valence-corrected chi connectivity index (χ4v) is 2.74. The Morgan fingerprint density at radius 2 is 1.79 bits per heavy atom. The van der Waals surface area contributed by atoms with E-state index in [2.05, 4.69) is 52.0 Å². The van der Waals surface area contributed by atoms with E-state index in [1.54, 1.807) is 0 Å². The Morgan fingerprint density at radius 1 is 1.16 bits per heavy atom. The first-order chi connectivity index (χ1) is 8.92. The fourth-order valence-electron chi connectivity index (χ4n) is 2.74. The summed E-state index contributed by atoms with van der Waals surface area (Å²) in [4.78, 5) is 0. The van der Waals surface area contributed by atoms with Gasteiger partial charge in [-0.25, -0.2) is 0 Å². The molecule has 0 radical (unpaired) electrons. The number of aliphatic hydroxyl groups is 1. The predicted octanol–water partition coefficient (Wildman–Crippen LogP) is 3.83. The van der Waals surface area contributed by atoms with E-state index in [0.29, 0.717) is 31.3 Å². The molecule has 1 aliphatic rings. The largest absolute Gasteiger partial charge is 0.385 e. The first-order valence-corrected chi connectivity index (χ1v) is 7.37. The van der Waals surface area contributed by atoms with E-state index < -0.39 is 5.60 Å². The highest BCUT2D eigenvalue weighted by atomic mass is 16.5. The normalized spacial score (nSPS) is 28.1. The van der Waals surface area contributed by atoms with Crippen LogP contribution >= 0.6 is 0 Å². The average Bonchev–Trinajstić information content (AvgIpc) is 2.39. The zero-order chi connectivity index (χ0) is 14.0. The van der Waals surface area contributed by atoms with Crippen molar-refractivity contribution in [2.75, 3.05) is 6.61 Å². The van der Waals surface area contributed by atoms with E-state index in [1.807, 2.05) is 0 Å². The van der Waals surface area contributed by atoms with Crippen LogP contribution in [0.3, 0.4) is 0 Å². The van der Waals surface area contributed by atoms with Gasteiger partial charge in [0.05, 0.1) is 18.3 Å². The van der Waals surface area contributed by atoms with Crippen LogP contribution in [0.25, 0.3) is 0 Å². The van der Waals surface area contributed by atoms with Crippen molar-refractivity contribution in [2.24, 2.45) is 5.92 Å². The summed E-state index contributed by atoms with van der Waals surface area (Å²) in [5.74, 6) is 0.976. The summed E-state index contributed by atoms with van der Waals surface area (Å²) in [6.07, 6.45) is 1.55. The molecule has 2 unspecified atom stereocenters. The van der Waals surface area contributed by atoms with Crippen LogP contribution in [0, 0.1) is 5.92 Å². The van der Waals surface area contributed by atoms with Gasteiger partial charge in [-0.3, -0.25) is 0 Å². The number of benzene rings is 1. The molecule has 0 bridgehead atoms. The number of hydrogen-bond donors (Lipinski definition) is 1. The van der Waals surface area contributed by atoms with Gasteiger partial charge in [-0.15, -0.1) is 0 Å². The molecule has 2 rings (SSSR count). The predicted molar refractivity (Wildman–Crippen MR) is 78.2 cm³/mol. The Labute approximate surface area is 116 Å². The van der Waals surface area contributed by atoms with Gasteiger partial charge in [0.2, 0.25) is 0 Å². The molecule has 0 spiro atoms. The van der Waals surface area contributed by atoms with Crippen molar-refractivity contribution in [1.82, 2.24) is 0 Å². The Hall–Kier alpha value is -0.860. The molecule has 0 saturated carbocycles. The highest BCUT2D eigenvalue weighted by Gasteiger charge is 2.37. The highest BCUT2D eigenvalue weighted by molar-refractivity contribution is 5.29. The molecule has 0 amide bonds. The highest BCUT2D eigenvalue weighted by Crippen LogP contribution is 2.37. The zero-order valence-corrected chi connectivity index (χ0v) is 12.5. The molecule has 2 atom stereocenters. The summed E-state index contributed by atoms with van der Waals surface area (Å²) < 4.78 is 5.76. The van der Waals surface area contributed by atoms with Crippen LogP contribution < -0.4 is 0 Å². The summed E-state index contributed by atoms with van der Waals surface area (Å²) in [6.45, 7) is 9.32. The van der Waals surface area contributed by atoms with E-state index in [9.17, 15) is 5.11 Å². The van der Waals surface area contributed by atoms with Gasteiger partial charge in [-0.1, -0.05) is 52.0 Å². The molecule has 0 aromatic heterocycles. The Balaban J connectivity index is 2.19. The first-order valence-electron chi connectivity index (χ1n) is 7.37. The van der Waals surface area contributed by atoms with Crippen molar-refractivity contribution in [3.05, 3.63) is 35.4 Å². The Kier molecular flexibility index (Phi) is 4.32. The topological polar surface area (TPSA) is 29.5 Å². The summed E-state index contributed by atoms with van der Waals surface area (Å²) in [5, 5.41) is 10.9. The van der Waals surface area contributed by atoms with Crippen molar-refractivity contribution in [1.29, 1.82) is 0 Å². The molecule has 1 aromatic carbocycles. The van der Waals surface area contributed by atoms with Crippen LogP contribution in [0.2, 0.25) is 0 Å². The van der Waals surface area contributed by atoms with Crippen molar-refractivity contribution >= 4 is 0 Å². The average molecular weight is 262 g/mol. The summed E-state index contributed by atoms with van der Waals surface area (Å²) in [6, 6.07) is 8.44. The molecule has 2 heteroatoms. The summed E-state index contributed by atoms with van der Waals surface area (Å²) >= 11 is 0. The van der Waals surface area contributed by atoms with Crippen molar-refractivity contribution in [3.63, 3.8) is 0 Å². The van der Waals surface area contributed by atoms with Crippen LogP contribution in [0.15, 0.2) is 24.3 Å². The second kappa shape index (κ2) is 5.64. The molecular formula is C17H26O2. The minimum absolute atomic E-state index is 0.156. The van der Waals surface area contributed by atoms with Gasteiger partial charge in [0.25, 0.3) is 0 Å². The third-order valence-electron chi connectivity index (χ3n) is 4.24. The molecule has 1 aliphatic heterocycles. The van der Waals surface area contributed by atoms with Crippen LogP contribution in [0.4, 0.5) is 0 Å². The van der Waals surface area contributed by atoms with E-state index in [4.69, 9.17) is 4.74 Å². The minimum Gasteiger partial charge on any atom is -0.385 e. The maximum Gasteiger partial charge on any atom is 0.0943 e. The van der Waals surface area contributed by atoms with Crippen molar-refractivity contribution in [2.45, 2.75) is 58.2 Å². The van der Waals surface area contributed by atoms with E-state index in [-0.39, 0.29) is 6.10 Å². The molecule has 1 N–H and O–H groups in total. The van der Waals surface area contributed by atoms with Crippen LogP contribution in [-0.4, -0.2) is 17.8 Å². The fraction of sp³-hybridized carbons (Fsp3) is 0.647. The zero-order valence-electron chi connectivity index (χ0n) is 12.5. The standard InChI is InChI=1S/C17H26O2/c1-12(2)14-5-7-15(8-6-14)17(18)9-10-19-16(11-17)13(3)4/h5-8,12-13,16,18H,9-11H2,1-4H3. The van der Waals surface area contributed by atoms with Gasteiger partial charge < -0.3 is 9.84 Å². The smallest absolute Gasteiger partial charge is 0.0943 e. The van der Waals surface area contributed by atoms with Gasteiger partial charge in [0, 0.05) is 12.8 Å². The molecule has 1 heterocycles. The maximum atomic E-state index is 10.9. The molecule has 1 saturated heterocycles. The molecular weight excluding hydrogens is 236 g/mol. The van der Waals surface area contributed by atoms with Crippen LogP contribution in [0.5, 0.6) is 0 Å². The second-order valence-electron chi connectivity index (χ2n) is 6.42.